The molecule has 0 unspecified atom stereocenters. The van der Waals surface area contributed by atoms with Gasteiger partial charge < -0.3 is 10.2 Å². The number of fused-ring (bicyclic) bond motifs is 1. The summed E-state index contributed by atoms with van der Waals surface area (Å²) in [5.41, 5.74) is 2.55. The van der Waals surface area contributed by atoms with Crippen LogP contribution in [0.15, 0.2) is 36.5 Å². The summed E-state index contributed by atoms with van der Waals surface area (Å²) in [6.45, 7) is 5.89. The third-order valence-corrected chi connectivity index (χ3v) is 4.07. The maximum atomic E-state index is 4.55. The highest BCUT2D eigenvalue weighted by atomic mass is 15.1. The minimum Gasteiger partial charge on any atom is -0.317 e. The highest BCUT2D eigenvalue weighted by Crippen LogP contribution is 2.16. The van der Waals surface area contributed by atoms with Crippen molar-refractivity contribution in [2.24, 2.45) is 0 Å². The minimum absolute atomic E-state index is 1.10. The molecule has 106 valence electrons. The summed E-state index contributed by atoms with van der Waals surface area (Å²) in [4.78, 5) is 7.15. The van der Waals surface area contributed by atoms with Gasteiger partial charge in [0, 0.05) is 18.1 Å². The van der Waals surface area contributed by atoms with Gasteiger partial charge in [-0.05, 0) is 57.1 Å². The lowest BCUT2D eigenvalue weighted by atomic mass is 10.1. The van der Waals surface area contributed by atoms with Crippen LogP contribution in [0.5, 0.6) is 0 Å². The highest BCUT2D eigenvalue weighted by Gasteiger charge is 2.09. The Kier molecular flexibility index (Phi) is 4.61. The average molecular weight is 269 g/mol. The lowest BCUT2D eigenvalue weighted by molar-refractivity contribution is 0.255. The minimum atomic E-state index is 1.10. The van der Waals surface area contributed by atoms with E-state index in [1.165, 1.54) is 42.4 Å². The summed E-state index contributed by atoms with van der Waals surface area (Å²) in [6.07, 6.45) is 5.51. The van der Waals surface area contributed by atoms with Crippen LogP contribution >= 0.6 is 0 Å². The molecular formula is C17H23N3. The normalized spacial score (nSPS) is 17.8. The van der Waals surface area contributed by atoms with Crippen molar-refractivity contribution in [1.82, 2.24) is 15.2 Å². The Bertz CT molecular complexity index is 539. The predicted octanol–water partition coefficient (Wildman–Crippen LogP) is 2.46. The van der Waals surface area contributed by atoms with E-state index in [-0.39, 0.29) is 0 Å². The first-order chi connectivity index (χ1) is 9.93. The van der Waals surface area contributed by atoms with E-state index in [9.17, 15) is 0 Å². The van der Waals surface area contributed by atoms with Crippen molar-refractivity contribution in [1.29, 1.82) is 0 Å². The topological polar surface area (TPSA) is 28.2 Å². The summed E-state index contributed by atoms with van der Waals surface area (Å²) in [7, 11) is 0. The van der Waals surface area contributed by atoms with E-state index in [0.29, 0.717) is 0 Å². The molecule has 0 saturated carbocycles. The molecule has 1 fully saturated rings. The van der Waals surface area contributed by atoms with Crippen molar-refractivity contribution in [2.45, 2.75) is 19.3 Å². The molecule has 0 amide bonds. The van der Waals surface area contributed by atoms with Crippen LogP contribution in [0.2, 0.25) is 0 Å². The molecular weight excluding hydrogens is 246 g/mol. The van der Waals surface area contributed by atoms with Crippen molar-refractivity contribution in [3.63, 3.8) is 0 Å². The van der Waals surface area contributed by atoms with Gasteiger partial charge in [-0.1, -0.05) is 24.3 Å². The molecule has 2 heterocycles. The van der Waals surface area contributed by atoms with E-state index < -0.39 is 0 Å². The van der Waals surface area contributed by atoms with E-state index in [2.05, 4.69) is 39.5 Å². The number of hydrogen-bond acceptors (Lipinski definition) is 3. The summed E-state index contributed by atoms with van der Waals surface area (Å²) in [6, 6.07) is 10.7. The molecule has 1 saturated heterocycles. The van der Waals surface area contributed by atoms with Crippen LogP contribution in [0.3, 0.4) is 0 Å². The molecule has 0 atom stereocenters. The molecule has 3 heteroatoms. The molecule has 0 bridgehead atoms. The zero-order valence-electron chi connectivity index (χ0n) is 12.0. The molecule has 0 aliphatic carbocycles. The van der Waals surface area contributed by atoms with Gasteiger partial charge in [-0.2, -0.15) is 0 Å². The number of hydrogen-bond donors (Lipinski definition) is 1. The average Bonchev–Trinajstić information content (AvgIpc) is 2.46. The second-order valence-electron chi connectivity index (χ2n) is 5.54. The van der Waals surface area contributed by atoms with Crippen molar-refractivity contribution in [3.05, 3.63) is 42.1 Å². The predicted molar refractivity (Wildman–Crippen MR) is 84.0 cm³/mol. The lowest BCUT2D eigenvalue weighted by Crippen LogP contribution is -2.35. The highest BCUT2D eigenvalue weighted by molar-refractivity contribution is 5.81. The molecule has 3 nitrogen and oxygen atoms in total. The zero-order valence-corrected chi connectivity index (χ0v) is 12.0. The van der Waals surface area contributed by atoms with Crippen LogP contribution in [0, 0.1) is 0 Å². The van der Waals surface area contributed by atoms with Gasteiger partial charge in [0.1, 0.15) is 0 Å². The standard InChI is InChI=1S/C17H23N3/c1-5-15-7-2-11-19-17(15)16(6-1)8-14-20-12-3-9-18-10-4-13-20/h1-2,5-7,11,18H,3-4,8-10,12-14H2. The molecule has 20 heavy (non-hydrogen) atoms. The van der Waals surface area contributed by atoms with Gasteiger partial charge >= 0.3 is 0 Å². The van der Waals surface area contributed by atoms with Gasteiger partial charge in [-0.25, -0.2) is 0 Å². The number of pyridine rings is 1. The molecule has 1 aromatic heterocycles. The number of nitrogens with zero attached hydrogens (tertiary/aromatic N) is 2. The second-order valence-corrected chi connectivity index (χ2v) is 5.54. The molecule has 1 aliphatic heterocycles. The van der Waals surface area contributed by atoms with Crippen molar-refractivity contribution >= 4 is 10.9 Å². The number of nitrogens with one attached hydrogen (secondary N) is 1. The second kappa shape index (κ2) is 6.82. The van der Waals surface area contributed by atoms with E-state index >= 15 is 0 Å². The van der Waals surface area contributed by atoms with Gasteiger partial charge in [-0.15, -0.1) is 0 Å². The van der Waals surface area contributed by atoms with Crippen LogP contribution < -0.4 is 5.32 Å². The van der Waals surface area contributed by atoms with Crippen molar-refractivity contribution in [2.75, 3.05) is 32.7 Å². The SMILES string of the molecule is c1cnc2c(CCN3CCCNCCC3)cccc2c1. The van der Waals surface area contributed by atoms with E-state index in [4.69, 9.17) is 0 Å². The smallest absolute Gasteiger partial charge is 0.0734 e. The van der Waals surface area contributed by atoms with Crippen LogP contribution in [0.4, 0.5) is 0 Å². The Morgan fingerprint density at radius 2 is 1.85 bits per heavy atom. The van der Waals surface area contributed by atoms with Gasteiger partial charge in [0.2, 0.25) is 0 Å². The summed E-state index contributed by atoms with van der Waals surface area (Å²) >= 11 is 0. The maximum absolute atomic E-state index is 4.55. The molecule has 2 aromatic rings. The number of para-hydroxylation sites is 1. The van der Waals surface area contributed by atoms with Gasteiger partial charge in [0.25, 0.3) is 0 Å². The molecule has 3 rings (SSSR count). The summed E-state index contributed by atoms with van der Waals surface area (Å²) in [5.74, 6) is 0. The zero-order chi connectivity index (χ0) is 13.6. The Hall–Kier alpha value is -1.45. The Morgan fingerprint density at radius 1 is 1.05 bits per heavy atom. The summed E-state index contributed by atoms with van der Waals surface area (Å²) in [5, 5.41) is 4.72. The lowest BCUT2D eigenvalue weighted by Gasteiger charge is -2.25. The third kappa shape index (κ3) is 3.35. The van der Waals surface area contributed by atoms with Crippen molar-refractivity contribution < 1.29 is 0 Å². The molecule has 1 N–H and O–H groups in total. The molecule has 1 aliphatic rings. The first kappa shape index (κ1) is 13.5. The van der Waals surface area contributed by atoms with Crippen LogP contribution in [-0.4, -0.2) is 42.6 Å². The molecule has 0 spiro atoms. The number of aromatic nitrogens is 1. The largest absolute Gasteiger partial charge is 0.317 e. The van der Waals surface area contributed by atoms with E-state index in [1.807, 2.05) is 12.3 Å². The van der Waals surface area contributed by atoms with Gasteiger partial charge in [-0.3, -0.25) is 4.98 Å². The molecule has 1 aromatic carbocycles. The first-order valence-corrected chi connectivity index (χ1v) is 7.69. The van der Waals surface area contributed by atoms with Crippen LogP contribution in [0.25, 0.3) is 10.9 Å². The van der Waals surface area contributed by atoms with E-state index in [0.717, 1.165) is 26.1 Å². The van der Waals surface area contributed by atoms with Crippen LogP contribution in [0.1, 0.15) is 18.4 Å². The van der Waals surface area contributed by atoms with Gasteiger partial charge in [0.05, 0.1) is 5.52 Å². The van der Waals surface area contributed by atoms with E-state index in [1.54, 1.807) is 0 Å². The first-order valence-electron chi connectivity index (χ1n) is 7.69. The Labute approximate surface area is 121 Å². The fraction of sp³-hybridized carbons (Fsp3) is 0.471. The Morgan fingerprint density at radius 3 is 2.70 bits per heavy atom. The number of rotatable bonds is 3. The van der Waals surface area contributed by atoms with Crippen LogP contribution in [-0.2, 0) is 6.42 Å². The van der Waals surface area contributed by atoms with Gasteiger partial charge in [0.15, 0.2) is 0 Å². The number of benzene rings is 1. The van der Waals surface area contributed by atoms with Crippen molar-refractivity contribution in [3.8, 4) is 0 Å². The summed E-state index contributed by atoms with van der Waals surface area (Å²) < 4.78 is 0. The molecule has 0 radical (unpaired) electrons. The third-order valence-electron chi connectivity index (χ3n) is 4.07. The quantitative estimate of drug-likeness (QED) is 0.928. The Balaban J connectivity index is 1.67. The monoisotopic (exact) mass is 269 g/mol. The fourth-order valence-corrected chi connectivity index (χ4v) is 2.96. The maximum Gasteiger partial charge on any atom is 0.0734 e. The fourth-order valence-electron chi connectivity index (χ4n) is 2.96.